The van der Waals surface area contributed by atoms with Crippen LogP contribution in [0.3, 0.4) is 0 Å². The van der Waals surface area contributed by atoms with Gasteiger partial charge < -0.3 is 9.64 Å². The number of rotatable bonds is 4. The highest BCUT2D eigenvalue weighted by Gasteiger charge is 2.23. The van der Waals surface area contributed by atoms with Gasteiger partial charge in [-0.3, -0.25) is 4.79 Å². The third-order valence-electron chi connectivity index (χ3n) is 3.85. The van der Waals surface area contributed by atoms with Crippen LogP contribution in [0.15, 0.2) is 42.7 Å². The molecule has 6 nitrogen and oxygen atoms in total. The normalized spacial score (nSPS) is 17.7. The Balaban J connectivity index is 1.55. The Labute approximate surface area is 134 Å². The van der Waals surface area contributed by atoms with E-state index in [9.17, 15) is 4.79 Å². The quantitative estimate of drug-likeness (QED) is 0.859. The van der Waals surface area contributed by atoms with Crippen LogP contribution in [-0.4, -0.2) is 46.4 Å². The molecule has 1 amide bonds. The topological polar surface area (TPSA) is 71.2 Å². The van der Waals surface area contributed by atoms with Crippen molar-refractivity contribution >= 4 is 5.91 Å². The minimum Gasteiger partial charge on any atom is -0.360 e. The van der Waals surface area contributed by atoms with Gasteiger partial charge in [-0.2, -0.15) is 10.4 Å². The Kier molecular flexibility index (Phi) is 4.69. The van der Waals surface area contributed by atoms with Gasteiger partial charge in [0.15, 0.2) is 6.10 Å². The van der Waals surface area contributed by atoms with Crippen LogP contribution in [0.1, 0.15) is 12.0 Å². The summed E-state index contributed by atoms with van der Waals surface area (Å²) >= 11 is 0. The largest absolute Gasteiger partial charge is 0.360 e. The van der Waals surface area contributed by atoms with E-state index in [-0.39, 0.29) is 5.91 Å². The molecule has 1 atom stereocenters. The van der Waals surface area contributed by atoms with Crippen LogP contribution in [0.5, 0.6) is 0 Å². The van der Waals surface area contributed by atoms with Crippen molar-refractivity contribution in [2.75, 3.05) is 19.7 Å². The number of morpholine rings is 1. The number of nitriles is 1. The van der Waals surface area contributed by atoms with E-state index in [0.29, 0.717) is 32.5 Å². The monoisotopic (exact) mass is 310 g/mol. The second-order valence-corrected chi connectivity index (χ2v) is 5.46. The predicted octanol–water partition coefficient (Wildman–Crippen LogP) is 1.56. The lowest BCUT2D eigenvalue weighted by Crippen LogP contribution is -2.45. The second-order valence-electron chi connectivity index (χ2n) is 5.46. The summed E-state index contributed by atoms with van der Waals surface area (Å²) in [4.78, 5) is 14.0. The van der Waals surface area contributed by atoms with Gasteiger partial charge in [-0.05, 0) is 24.1 Å². The molecule has 0 bridgehead atoms. The van der Waals surface area contributed by atoms with E-state index < -0.39 is 6.10 Å². The van der Waals surface area contributed by atoms with Gasteiger partial charge in [-0.15, -0.1) is 0 Å². The molecule has 2 heterocycles. The van der Waals surface area contributed by atoms with Gasteiger partial charge in [0.1, 0.15) is 0 Å². The number of ether oxygens (including phenoxy) is 1. The van der Waals surface area contributed by atoms with Crippen LogP contribution in [0.25, 0.3) is 5.69 Å². The Morgan fingerprint density at radius 2 is 2.22 bits per heavy atom. The summed E-state index contributed by atoms with van der Waals surface area (Å²) in [7, 11) is 0. The lowest BCUT2D eigenvalue weighted by Gasteiger charge is -2.29. The number of hydrogen-bond acceptors (Lipinski definition) is 4. The molecule has 1 aromatic carbocycles. The van der Waals surface area contributed by atoms with Crippen molar-refractivity contribution in [1.82, 2.24) is 14.7 Å². The Hall–Kier alpha value is -2.65. The van der Waals surface area contributed by atoms with Crippen LogP contribution >= 0.6 is 0 Å². The van der Waals surface area contributed by atoms with Crippen LogP contribution in [0.2, 0.25) is 0 Å². The third-order valence-corrected chi connectivity index (χ3v) is 3.85. The van der Waals surface area contributed by atoms with Crippen molar-refractivity contribution < 1.29 is 9.53 Å². The van der Waals surface area contributed by atoms with Crippen LogP contribution < -0.4 is 0 Å². The molecule has 1 aromatic heterocycles. The lowest BCUT2D eigenvalue weighted by atomic mass is 10.1. The van der Waals surface area contributed by atoms with Gasteiger partial charge in [0.2, 0.25) is 5.91 Å². The molecule has 6 heteroatoms. The zero-order chi connectivity index (χ0) is 16.1. The molecule has 1 aliphatic rings. The Morgan fingerprint density at radius 1 is 1.39 bits per heavy atom. The van der Waals surface area contributed by atoms with Crippen molar-refractivity contribution in [2.45, 2.75) is 18.9 Å². The first-order chi connectivity index (χ1) is 11.3. The van der Waals surface area contributed by atoms with E-state index in [2.05, 4.69) is 11.2 Å². The molecular formula is C17H18N4O2. The van der Waals surface area contributed by atoms with Crippen LogP contribution in [-0.2, 0) is 16.0 Å². The number of carbonyl (C=O) groups is 1. The van der Waals surface area contributed by atoms with E-state index in [0.717, 1.165) is 11.3 Å². The third kappa shape index (κ3) is 3.76. The summed E-state index contributed by atoms with van der Waals surface area (Å²) in [6.45, 7) is 1.34. The minimum absolute atomic E-state index is 0.0565. The number of hydrogen-bond donors (Lipinski definition) is 0. The molecule has 0 radical (unpaired) electrons. The van der Waals surface area contributed by atoms with Crippen molar-refractivity contribution in [1.29, 1.82) is 5.26 Å². The fourth-order valence-corrected chi connectivity index (χ4v) is 2.57. The number of aryl methyl sites for hydroxylation is 1. The minimum atomic E-state index is -0.506. The van der Waals surface area contributed by atoms with Gasteiger partial charge in [-0.1, -0.05) is 18.2 Å². The molecule has 1 aliphatic heterocycles. The summed E-state index contributed by atoms with van der Waals surface area (Å²) in [6.07, 6.45) is 4.28. The van der Waals surface area contributed by atoms with Crippen LogP contribution in [0, 0.1) is 11.3 Å². The van der Waals surface area contributed by atoms with Crippen LogP contribution in [0.4, 0.5) is 0 Å². The summed E-state index contributed by atoms with van der Waals surface area (Å²) in [5, 5.41) is 13.2. The predicted molar refractivity (Wildman–Crippen MR) is 83.8 cm³/mol. The van der Waals surface area contributed by atoms with Gasteiger partial charge in [0, 0.05) is 19.2 Å². The maximum atomic E-state index is 12.2. The molecule has 118 valence electrons. The number of aromatic nitrogens is 2. The van der Waals surface area contributed by atoms with Crippen molar-refractivity contribution in [3.8, 4) is 11.8 Å². The Morgan fingerprint density at radius 3 is 3.00 bits per heavy atom. The Bertz CT molecular complexity index is 705. The highest BCUT2D eigenvalue weighted by Crippen LogP contribution is 2.11. The molecule has 0 unspecified atom stereocenters. The van der Waals surface area contributed by atoms with Gasteiger partial charge >= 0.3 is 0 Å². The molecule has 1 fully saturated rings. The molecule has 0 saturated carbocycles. The maximum Gasteiger partial charge on any atom is 0.223 e. The first-order valence-corrected chi connectivity index (χ1v) is 7.64. The maximum absolute atomic E-state index is 12.2. The SMILES string of the molecule is N#C[C@H]1CN(C(=O)CCc2cnn(-c3ccccc3)c2)CCO1. The second kappa shape index (κ2) is 7.07. The number of carbonyl (C=O) groups excluding carboxylic acids is 1. The standard InChI is InChI=1S/C17H18N4O2/c18-10-16-13-20(8-9-23-16)17(22)7-6-14-11-19-21(12-14)15-4-2-1-3-5-15/h1-5,11-12,16H,6-9,13H2/t16-/m0/s1. The highest BCUT2D eigenvalue weighted by atomic mass is 16.5. The highest BCUT2D eigenvalue weighted by molar-refractivity contribution is 5.76. The van der Waals surface area contributed by atoms with Crippen molar-refractivity contribution in [3.05, 3.63) is 48.3 Å². The number of para-hydroxylation sites is 1. The zero-order valence-electron chi connectivity index (χ0n) is 12.8. The van der Waals surface area contributed by atoms with E-state index in [1.165, 1.54) is 0 Å². The smallest absolute Gasteiger partial charge is 0.223 e. The van der Waals surface area contributed by atoms with Gasteiger partial charge in [0.05, 0.1) is 31.1 Å². The van der Waals surface area contributed by atoms with E-state index in [1.807, 2.05) is 36.5 Å². The first kappa shape index (κ1) is 15.3. The molecule has 1 saturated heterocycles. The van der Waals surface area contributed by atoms with Crippen molar-refractivity contribution in [3.63, 3.8) is 0 Å². The van der Waals surface area contributed by atoms with E-state index in [1.54, 1.807) is 15.8 Å². The molecular weight excluding hydrogens is 292 g/mol. The average Bonchev–Trinajstić information content (AvgIpc) is 3.09. The lowest BCUT2D eigenvalue weighted by molar-refractivity contribution is -0.136. The molecule has 0 aliphatic carbocycles. The molecule has 23 heavy (non-hydrogen) atoms. The summed E-state index contributed by atoms with van der Waals surface area (Å²) in [5.74, 6) is 0.0565. The first-order valence-electron chi connectivity index (χ1n) is 7.64. The van der Waals surface area contributed by atoms with Gasteiger partial charge in [0.25, 0.3) is 0 Å². The zero-order valence-corrected chi connectivity index (χ0v) is 12.8. The van der Waals surface area contributed by atoms with E-state index in [4.69, 9.17) is 10.00 Å². The molecule has 3 rings (SSSR count). The van der Waals surface area contributed by atoms with E-state index >= 15 is 0 Å². The average molecular weight is 310 g/mol. The molecule has 2 aromatic rings. The number of benzene rings is 1. The summed E-state index contributed by atoms with van der Waals surface area (Å²) < 4.78 is 7.06. The number of amides is 1. The molecule has 0 N–H and O–H groups in total. The van der Waals surface area contributed by atoms with Crippen molar-refractivity contribution in [2.24, 2.45) is 0 Å². The molecule has 0 spiro atoms. The fourth-order valence-electron chi connectivity index (χ4n) is 2.57. The fraction of sp³-hybridized carbons (Fsp3) is 0.353. The van der Waals surface area contributed by atoms with Gasteiger partial charge in [-0.25, -0.2) is 4.68 Å². The number of nitrogens with zero attached hydrogens (tertiary/aromatic N) is 4. The summed E-state index contributed by atoms with van der Waals surface area (Å²) in [5.41, 5.74) is 2.02. The summed E-state index contributed by atoms with van der Waals surface area (Å²) in [6, 6.07) is 11.9.